The van der Waals surface area contributed by atoms with E-state index in [1.54, 1.807) is 12.1 Å². The number of benzene rings is 2. The molecule has 0 bridgehead atoms. The third-order valence-corrected chi connectivity index (χ3v) is 5.08. The van der Waals surface area contributed by atoms with Crippen molar-refractivity contribution in [3.05, 3.63) is 104 Å². The Hall–Kier alpha value is -3.12. The molecule has 1 atom stereocenters. The number of rotatable bonds is 8. The molecule has 0 fully saturated rings. The predicted octanol–water partition coefficient (Wildman–Crippen LogP) is 2.85. The Bertz CT molecular complexity index is 1110. The van der Waals surface area contributed by atoms with E-state index in [4.69, 9.17) is 11.6 Å². The second-order valence-corrected chi connectivity index (χ2v) is 7.71. The van der Waals surface area contributed by atoms with Gasteiger partial charge in [-0.3, -0.25) is 18.7 Å². The predicted molar refractivity (Wildman–Crippen MR) is 118 cm³/mol. The lowest BCUT2D eigenvalue weighted by Crippen LogP contribution is -2.44. The molecule has 0 radical (unpaired) electrons. The molecule has 0 saturated heterocycles. The molecule has 30 heavy (non-hydrogen) atoms. The highest BCUT2D eigenvalue weighted by Crippen LogP contribution is 2.10. The van der Waals surface area contributed by atoms with Crippen molar-refractivity contribution in [3.63, 3.8) is 0 Å². The summed E-state index contributed by atoms with van der Waals surface area (Å²) >= 11 is 5.89. The molecule has 0 aliphatic carbocycles. The summed E-state index contributed by atoms with van der Waals surface area (Å²) in [6.45, 7) is 1.88. The van der Waals surface area contributed by atoms with Crippen LogP contribution in [0.2, 0.25) is 5.02 Å². The van der Waals surface area contributed by atoms with Gasteiger partial charge < -0.3 is 5.32 Å². The van der Waals surface area contributed by atoms with E-state index < -0.39 is 11.2 Å². The van der Waals surface area contributed by atoms with E-state index in [9.17, 15) is 14.4 Å². The summed E-state index contributed by atoms with van der Waals surface area (Å²) in [7, 11) is 0. The number of carbonyl (C=O) groups is 1. The second-order valence-electron chi connectivity index (χ2n) is 7.27. The Kier molecular flexibility index (Phi) is 7.25. The van der Waals surface area contributed by atoms with Crippen molar-refractivity contribution in [2.45, 2.75) is 38.9 Å². The number of hydrogen-bond donors (Lipinski definition) is 1. The quantitative estimate of drug-likeness (QED) is 0.603. The van der Waals surface area contributed by atoms with Gasteiger partial charge in [0.05, 0.1) is 6.54 Å². The molecule has 2 aromatic carbocycles. The zero-order valence-corrected chi connectivity index (χ0v) is 17.5. The first-order valence-corrected chi connectivity index (χ1v) is 10.2. The van der Waals surface area contributed by atoms with Crippen LogP contribution < -0.4 is 16.6 Å². The first-order valence-electron chi connectivity index (χ1n) is 9.80. The first-order chi connectivity index (χ1) is 14.4. The van der Waals surface area contributed by atoms with Crippen LogP contribution in [0.5, 0.6) is 0 Å². The van der Waals surface area contributed by atoms with Crippen LogP contribution >= 0.6 is 11.6 Å². The summed E-state index contributed by atoms with van der Waals surface area (Å²) in [6.07, 6.45) is 3.04. The summed E-state index contributed by atoms with van der Waals surface area (Å²) in [5.41, 5.74) is 1.04. The number of carbonyl (C=O) groups excluding carboxylic acids is 1. The molecule has 3 aromatic rings. The maximum atomic E-state index is 12.7. The van der Waals surface area contributed by atoms with Crippen molar-refractivity contribution in [1.82, 2.24) is 14.5 Å². The van der Waals surface area contributed by atoms with Gasteiger partial charge in [-0.05, 0) is 43.0 Å². The zero-order valence-electron chi connectivity index (χ0n) is 16.8. The fourth-order valence-electron chi connectivity index (χ4n) is 3.17. The van der Waals surface area contributed by atoms with Gasteiger partial charge in [-0.2, -0.15) is 0 Å². The molecular weight excluding hydrogens is 402 g/mol. The van der Waals surface area contributed by atoms with Crippen LogP contribution in [-0.2, 0) is 24.3 Å². The molecule has 1 aromatic heterocycles. The third-order valence-electron chi connectivity index (χ3n) is 4.82. The zero-order chi connectivity index (χ0) is 21.5. The summed E-state index contributed by atoms with van der Waals surface area (Å²) < 4.78 is 2.35. The van der Waals surface area contributed by atoms with Crippen LogP contribution in [0.1, 0.15) is 24.5 Å². The average Bonchev–Trinajstić information content (AvgIpc) is 2.74. The van der Waals surface area contributed by atoms with Gasteiger partial charge in [-0.1, -0.05) is 54.1 Å². The van der Waals surface area contributed by atoms with Crippen molar-refractivity contribution >= 4 is 17.5 Å². The summed E-state index contributed by atoms with van der Waals surface area (Å²) in [5.74, 6) is -0.362. The van der Waals surface area contributed by atoms with Crippen molar-refractivity contribution in [2.24, 2.45) is 0 Å². The molecule has 3 rings (SSSR count). The molecule has 1 heterocycles. The fourth-order valence-corrected chi connectivity index (χ4v) is 3.30. The van der Waals surface area contributed by atoms with Crippen LogP contribution in [0.15, 0.2) is 76.4 Å². The van der Waals surface area contributed by atoms with Crippen LogP contribution in [0.4, 0.5) is 0 Å². The third kappa shape index (κ3) is 5.94. The fraction of sp³-hybridized carbons (Fsp3) is 0.261. The van der Waals surface area contributed by atoms with E-state index in [1.807, 2.05) is 49.4 Å². The maximum absolute atomic E-state index is 12.7. The molecule has 1 unspecified atom stereocenters. The van der Waals surface area contributed by atoms with Crippen molar-refractivity contribution in [3.8, 4) is 0 Å². The maximum Gasteiger partial charge on any atom is 0.331 e. The number of aromatic nitrogens is 2. The van der Waals surface area contributed by atoms with E-state index >= 15 is 0 Å². The van der Waals surface area contributed by atoms with Gasteiger partial charge in [0.15, 0.2) is 0 Å². The van der Waals surface area contributed by atoms with Crippen LogP contribution in [-0.4, -0.2) is 21.1 Å². The number of nitrogens with one attached hydrogen (secondary N) is 1. The first kappa shape index (κ1) is 21.6. The second kappa shape index (κ2) is 10.1. The number of halogens is 1. The standard InChI is InChI=1S/C23H24ClN3O3/c1-17(7-8-18-5-3-2-4-6-18)25-21(28)16-27-22(29)13-14-26(23(27)30)15-19-9-11-20(24)12-10-19/h2-6,9-14,17H,7-8,15-16H2,1H3,(H,25,28). The Morgan fingerprint density at radius 3 is 2.40 bits per heavy atom. The summed E-state index contributed by atoms with van der Waals surface area (Å²) in [5, 5.41) is 3.47. The van der Waals surface area contributed by atoms with Gasteiger partial charge in [-0.25, -0.2) is 4.79 Å². The van der Waals surface area contributed by atoms with Gasteiger partial charge in [0.25, 0.3) is 5.56 Å². The Morgan fingerprint density at radius 1 is 1.00 bits per heavy atom. The average molecular weight is 426 g/mol. The molecule has 1 amide bonds. The minimum atomic E-state index is -0.524. The minimum absolute atomic E-state index is 0.0755. The van der Waals surface area contributed by atoms with Crippen LogP contribution in [0.25, 0.3) is 0 Å². The highest BCUT2D eigenvalue weighted by atomic mass is 35.5. The highest BCUT2D eigenvalue weighted by molar-refractivity contribution is 6.30. The van der Waals surface area contributed by atoms with Gasteiger partial charge >= 0.3 is 5.69 Å². The Morgan fingerprint density at radius 2 is 1.70 bits per heavy atom. The lowest BCUT2D eigenvalue weighted by Gasteiger charge is -2.15. The van der Waals surface area contributed by atoms with E-state index in [-0.39, 0.29) is 25.0 Å². The molecule has 156 valence electrons. The molecule has 0 spiro atoms. The number of aryl methyl sites for hydroxylation is 1. The molecule has 1 N–H and O–H groups in total. The van der Waals surface area contributed by atoms with E-state index in [0.29, 0.717) is 5.02 Å². The minimum Gasteiger partial charge on any atom is -0.352 e. The SMILES string of the molecule is CC(CCc1ccccc1)NC(=O)Cn1c(=O)ccn(Cc2ccc(Cl)cc2)c1=O. The largest absolute Gasteiger partial charge is 0.352 e. The molecule has 0 aliphatic heterocycles. The molecule has 0 aliphatic rings. The van der Waals surface area contributed by atoms with Crippen LogP contribution in [0, 0.1) is 0 Å². The lowest BCUT2D eigenvalue weighted by atomic mass is 10.1. The molecular formula is C23H24ClN3O3. The normalized spacial score (nSPS) is 11.8. The van der Waals surface area contributed by atoms with E-state index in [2.05, 4.69) is 5.32 Å². The van der Waals surface area contributed by atoms with Gasteiger partial charge in [-0.15, -0.1) is 0 Å². The van der Waals surface area contributed by atoms with Crippen molar-refractivity contribution in [1.29, 1.82) is 0 Å². The smallest absolute Gasteiger partial charge is 0.331 e. The Labute approximate surface area is 179 Å². The van der Waals surface area contributed by atoms with Gasteiger partial charge in [0.1, 0.15) is 6.54 Å². The lowest BCUT2D eigenvalue weighted by molar-refractivity contribution is -0.122. The monoisotopic (exact) mass is 425 g/mol. The van der Waals surface area contributed by atoms with Gasteiger partial charge in [0, 0.05) is 23.3 Å². The molecule has 0 saturated carbocycles. The van der Waals surface area contributed by atoms with Crippen LogP contribution in [0.3, 0.4) is 0 Å². The van der Waals surface area contributed by atoms with Crippen molar-refractivity contribution < 1.29 is 4.79 Å². The Balaban J connectivity index is 1.63. The molecule has 7 heteroatoms. The summed E-state index contributed by atoms with van der Waals surface area (Å²) in [4.78, 5) is 37.3. The van der Waals surface area contributed by atoms with E-state index in [0.717, 1.165) is 23.0 Å². The number of nitrogens with zero attached hydrogens (tertiary/aromatic N) is 2. The topological polar surface area (TPSA) is 73.1 Å². The number of amides is 1. The summed E-state index contributed by atoms with van der Waals surface area (Å²) in [6, 6.07) is 18.3. The number of hydrogen-bond acceptors (Lipinski definition) is 3. The van der Waals surface area contributed by atoms with Crippen molar-refractivity contribution in [2.75, 3.05) is 0 Å². The van der Waals surface area contributed by atoms with Gasteiger partial charge in [0.2, 0.25) is 5.91 Å². The van der Waals surface area contributed by atoms with E-state index in [1.165, 1.54) is 22.4 Å². The highest BCUT2D eigenvalue weighted by Gasteiger charge is 2.13. The molecule has 6 nitrogen and oxygen atoms in total.